The van der Waals surface area contributed by atoms with E-state index in [2.05, 4.69) is 15.3 Å². The summed E-state index contributed by atoms with van der Waals surface area (Å²) in [6, 6.07) is 4.80. The number of benzene rings is 1. The number of nitrogens with zero attached hydrogens (tertiary/aromatic N) is 4. The molecule has 1 aromatic heterocycles. The number of carboxylic acid groups (broad SMARTS) is 1. The molecule has 1 fully saturated rings. The SMILES string of the molecule is C[C@@H](Nc1nc(N2CCN(C(=O)O)CC2)ncc1F)c1ccc(Cl)cc1Cl. The van der Waals surface area contributed by atoms with Gasteiger partial charge in [0, 0.05) is 36.2 Å². The van der Waals surface area contributed by atoms with Crippen LogP contribution in [-0.4, -0.2) is 52.2 Å². The van der Waals surface area contributed by atoms with Crippen molar-refractivity contribution in [3.8, 4) is 0 Å². The van der Waals surface area contributed by atoms with E-state index in [0.717, 1.165) is 11.8 Å². The average Bonchev–Trinajstić information content (AvgIpc) is 2.63. The molecule has 1 amide bonds. The zero-order valence-electron chi connectivity index (χ0n) is 14.5. The Hall–Kier alpha value is -2.32. The smallest absolute Gasteiger partial charge is 0.407 e. The van der Waals surface area contributed by atoms with Gasteiger partial charge in [-0.05, 0) is 24.6 Å². The van der Waals surface area contributed by atoms with E-state index in [0.29, 0.717) is 42.2 Å². The molecular formula is C17H18Cl2FN5O2. The van der Waals surface area contributed by atoms with Crippen molar-refractivity contribution in [2.45, 2.75) is 13.0 Å². The second-order valence-electron chi connectivity index (χ2n) is 6.16. The zero-order chi connectivity index (χ0) is 19.6. The zero-order valence-corrected chi connectivity index (χ0v) is 16.0. The summed E-state index contributed by atoms with van der Waals surface area (Å²) < 4.78 is 14.2. The monoisotopic (exact) mass is 413 g/mol. The average molecular weight is 414 g/mol. The highest BCUT2D eigenvalue weighted by molar-refractivity contribution is 6.35. The first-order chi connectivity index (χ1) is 12.8. The Bertz CT molecular complexity index is 846. The molecule has 7 nitrogen and oxygen atoms in total. The topological polar surface area (TPSA) is 81.6 Å². The Morgan fingerprint density at radius 2 is 2.00 bits per heavy atom. The van der Waals surface area contributed by atoms with Crippen LogP contribution in [0.25, 0.3) is 0 Å². The largest absolute Gasteiger partial charge is 0.465 e. The first-order valence-corrected chi connectivity index (χ1v) is 9.07. The summed E-state index contributed by atoms with van der Waals surface area (Å²) in [5.74, 6) is -0.183. The van der Waals surface area contributed by atoms with Crippen LogP contribution in [0.5, 0.6) is 0 Å². The number of amides is 1. The highest BCUT2D eigenvalue weighted by Crippen LogP contribution is 2.29. The molecule has 1 aliphatic heterocycles. The van der Waals surface area contributed by atoms with Crippen LogP contribution in [-0.2, 0) is 0 Å². The fraction of sp³-hybridized carbons (Fsp3) is 0.353. The second-order valence-corrected chi connectivity index (χ2v) is 7.00. The van der Waals surface area contributed by atoms with Gasteiger partial charge in [0.1, 0.15) is 0 Å². The maximum absolute atomic E-state index is 14.2. The van der Waals surface area contributed by atoms with E-state index in [1.54, 1.807) is 18.2 Å². The van der Waals surface area contributed by atoms with Gasteiger partial charge in [-0.25, -0.2) is 14.2 Å². The number of carbonyl (C=O) groups is 1. The molecule has 0 saturated carbocycles. The van der Waals surface area contributed by atoms with Gasteiger partial charge in [0.15, 0.2) is 11.6 Å². The van der Waals surface area contributed by atoms with Crippen LogP contribution in [0.15, 0.2) is 24.4 Å². The van der Waals surface area contributed by atoms with Crippen LogP contribution >= 0.6 is 23.2 Å². The van der Waals surface area contributed by atoms with Crippen molar-refractivity contribution in [1.82, 2.24) is 14.9 Å². The van der Waals surface area contributed by atoms with Crippen molar-refractivity contribution in [3.05, 3.63) is 45.8 Å². The van der Waals surface area contributed by atoms with Gasteiger partial charge in [-0.3, -0.25) is 0 Å². The first kappa shape index (κ1) is 19.4. The van der Waals surface area contributed by atoms with E-state index in [-0.39, 0.29) is 11.9 Å². The summed E-state index contributed by atoms with van der Waals surface area (Å²) in [5.41, 5.74) is 0.760. The lowest BCUT2D eigenvalue weighted by atomic mass is 10.1. The number of rotatable bonds is 4. The summed E-state index contributed by atoms with van der Waals surface area (Å²) in [4.78, 5) is 22.4. The van der Waals surface area contributed by atoms with Gasteiger partial charge in [0.05, 0.1) is 12.2 Å². The molecule has 1 aliphatic rings. The maximum Gasteiger partial charge on any atom is 0.407 e. The molecule has 0 aliphatic carbocycles. The molecule has 1 saturated heterocycles. The molecular weight excluding hydrogens is 396 g/mol. The van der Waals surface area contributed by atoms with Gasteiger partial charge < -0.3 is 20.2 Å². The molecule has 10 heteroatoms. The van der Waals surface area contributed by atoms with E-state index in [1.165, 1.54) is 4.90 Å². The molecule has 2 aromatic rings. The van der Waals surface area contributed by atoms with Crippen LogP contribution in [0.1, 0.15) is 18.5 Å². The predicted octanol–water partition coefficient (Wildman–Crippen LogP) is 3.90. The van der Waals surface area contributed by atoms with Crippen LogP contribution < -0.4 is 10.2 Å². The molecule has 1 aromatic carbocycles. The molecule has 27 heavy (non-hydrogen) atoms. The number of aromatic nitrogens is 2. The third-order valence-electron chi connectivity index (χ3n) is 4.35. The molecule has 0 spiro atoms. The minimum atomic E-state index is -0.953. The summed E-state index contributed by atoms with van der Waals surface area (Å²) >= 11 is 12.1. The lowest BCUT2D eigenvalue weighted by molar-refractivity contribution is 0.142. The minimum Gasteiger partial charge on any atom is -0.465 e. The van der Waals surface area contributed by atoms with E-state index < -0.39 is 11.9 Å². The Balaban J connectivity index is 1.75. The minimum absolute atomic E-state index is 0.0548. The third-order valence-corrected chi connectivity index (χ3v) is 4.91. The fourth-order valence-corrected chi connectivity index (χ4v) is 3.42. The Labute approximate surface area is 165 Å². The number of anilines is 2. The fourth-order valence-electron chi connectivity index (χ4n) is 2.84. The van der Waals surface area contributed by atoms with Crippen LogP contribution in [0.4, 0.5) is 21.0 Å². The van der Waals surface area contributed by atoms with Gasteiger partial charge in [-0.15, -0.1) is 0 Å². The standard InChI is InChI=1S/C17H18Cl2FN5O2/c1-10(12-3-2-11(18)8-13(12)19)22-15-14(20)9-21-16(23-15)24-4-6-25(7-5-24)17(26)27/h2-3,8-10H,4-7H2,1H3,(H,26,27)(H,21,22,23)/t10-/m1/s1. The summed E-state index contributed by atoms with van der Waals surface area (Å²) in [7, 11) is 0. The quantitative estimate of drug-likeness (QED) is 0.790. The van der Waals surface area contributed by atoms with Gasteiger partial charge in [0.2, 0.25) is 5.95 Å². The number of nitrogens with one attached hydrogen (secondary N) is 1. The maximum atomic E-state index is 14.2. The highest BCUT2D eigenvalue weighted by Gasteiger charge is 2.23. The van der Waals surface area contributed by atoms with E-state index in [1.807, 2.05) is 11.8 Å². The van der Waals surface area contributed by atoms with Crippen LogP contribution in [0.2, 0.25) is 10.0 Å². The highest BCUT2D eigenvalue weighted by atomic mass is 35.5. The number of piperazine rings is 1. The molecule has 0 radical (unpaired) electrons. The van der Waals surface area contributed by atoms with Crippen molar-refractivity contribution in [2.75, 3.05) is 36.4 Å². The van der Waals surface area contributed by atoms with Gasteiger partial charge in [-0.2, -0.15) is 4.98 Å². The van der Waals surface area contributed by atoms with E-state index in [4.69, 9.17) is 28.3 Å². The van der Waals surface area contributed by atoms with Crippen molar-refractivity contribution >= 4 is 41.1 Å². The number of hydrogen-bond acceptors (Lipinski definition) is 5. The van der Waals surface area contributed by atoms with Crippen LogP contribution in [0.3, 0.4) is 0 Å². The van der Waals surface area contributed by atoms with Crippen molar-refractivity contribution in [1.29, 1.82) is 0 Å². The molecule has 3 rings (SSSR count). The molecule has 1 atom stereocenters. The van der Waals surface area contributed by atoms with E-state index >= 15 is 0 Å². The van der Waals surface area contributed by atoms with Crippen molar-refractivity contribution in [3.63, 3.8) is 0 Å². The summed E-state index contributed by atoms with van der Waals surface area (Å²) in [6.45, 7) is 3.40. The van der Waals surface area contributed by atoms with Gasteiger partial charge in [-0.1, -0.05) is 29.3 Å². The molecule has 0 bridgehead atoms. The Kier molecular flexibility index (Phi) is 5.86. The summed E-state index contributed by atoms with van der Waals surface area (Å²) in [5, 5.41) is 13.0. The van der Waals surface area contributed by atoms with Crippen LogP contribution in [0, 0.1) is 5.82 Å². The van der Waals surface area contributed by atoms with Gasteiger partial charge in [0.25, 0.3) is 0 Å². The van der Waals surface area contributed by atoms with E-state index in [9.17, 15) is 9.18 Å². The van der Waals surface area contributed by atoms with Crippen molar-refractivity contribution in [2.24, 2.45) is 0 Å². The normalized spacial score (nSPS) is 15.6. The number of hydrogen-bond donors (Lipinski definition) is 2. The Morgan fingerprint density at radius 3 is 2.63 bits per heavy atom. The molecule has 144 valence electrons. The Morgan fingerprint density at radius 1 is 1.30 bits per heavy atom. The lowest BCUT2D eigenvalue weighted by Gasteiger charge is -2.33. The second kappa shape index (κ2) is 8.14. The molecule has 2 heterocycles. The lowest BCUT2D eigenvalue weighted by Crippen LogP contribution is -2.48. The third kappa shape index (κ3) is 4.51. The van der Waals surface area contributed by atoms with Crippen molar-refractivity contribution < 1.29 is 14.3 Å². The summed E-state index contributed by atoms with van der Waals surface area (Å²) in [6.07, 6.45) is 0.149. The van der Waals surface area contributed by atoms with Gasteiger partial charge >= 0.3 is 6.09 Å². The first-order valence-electron chi connectivity index (χ1n) is 8.32. The molecule has 2 N–H and O–H groups in total. The molecule has 0 unspecified atom stereocenters. The predicted molar refractivity (Wildman–Crippen MR) is 102 cm³/mol. The number of halogens is 3.